The van der Waals surface area contributed by atoms with E-state index in [1.807, 2.05) is 0 Å². The highest BCUT2D eigenvalue weighted by Gasteiger charge is 2.40. The minimum atomic E-state index is -4.66. The molecule has 0 radical (unpaired) electrons. The summed E-state index contributed by atoms with van der Waals surface area (Å²) in [6.45, 7) is 4.11. The molecule has 0 spiro atoms. The first-order valence-corrected chi connectivity index (χ1v) is 7.03. The number of hydrogen-bond donors (Lipinski definition) is 0. The Kier molecular flexibility index (Phi) is 3.65. The van der Waals surface area contributed by atoms with Gasteiger partial charge in [-0.2, -0.15) is 18.2 Å². The largest absolute Gasteiger partial charge is 0.471 e. The smallest absolute Gasteiger partial charge is 0.466 e. The van der Waals surface area contributed by atoms with Crippen molar-refractivity contribution in [3.63, 3.8) is 0 Å². The zero-order valence-electron chi connectivity index (χ0n) is 12.5. The summed E-state index contributed by atoms with van der Waals surface area (Å²) in [5, 5.41) is 3.39. The van der Waals surface area contributed by atoms with E-state index < -0.39 is 12.1 Å². The van der Waals surface area contributed by atoms with Gasteiger partial charge in [-0.05, 0) is 26.3 Å². The van der Waals surface area contributed by atoms with Gasteiger partial charge in [0.1, 0.15) is 11.5 Å². The van der Waals surface area contributed by atoms with Crippen molar-refractivity contribution in [1.82, 2.24) is 15.0 Å². The van der Waals surface area contributed by atoms with Gasteiger partial charge in [0, 0.05) is 19.0 Å². The van der Waals surface area contributed by atoms with Crippen molar-refractivity contribution in [2.75, 3.05) is 13.1 Å². The molecule has 0 aliphatic carbocycles. The van der Waals surface area contributed by atoms with E-state index >= 15 is 0 Å². The summed E-state index contributed by atoms with van der Waals surface area (Å²) in [5.74, 6) is -0.802. The van der Waals surface area contributed by atoms with Gasteiger partial charge in [-0.1, -0.05) is 5.16 Å². The molecule has 1 aliphatic heterocycles. The Balaban J connectivity index is 1.72. The van der Waals surface area contributed by atoms with Gasteiger partial charge in [-0.15, -0.1) is 0 Å². The van der Waals surface area contributed by atoms with Crippen LogP contribution in [0.15, 0.2) is 15.0 Å². The number of rotatable bonds is 2. The molecule has 0 unspecified atom stereocenters. The SMILES string of the molecule is Cc1cc(C(=O)N2CC[C@H](c3noc(C(F)(F)F)n3)C2)c(C)o1. The molecule has 2 aromatic rings. The summed E-state index contributed by atoms with van der Waals surface area (Å²) in [6, 6.07) is 1.65. The van der Waals surface area contributed by atoms with Crippen molar-refractivity contribution >= 4 is 5.91 Å². The average Bonchev–Trinajstić information content (AvgIpc) is 3.14. The normalized spacial score (nSPS) is 18.7. The van der Waals surface area contributed by atoms with Crippen LogP contribution in [-0.4, -0.2) is 34.0 Å². The molecule has 124 valence electrons. The van der Waals surface area contributed by atoms with Crippen molar-refractivity contribution in [2.24, 2.45) is 0 Å². The number of aryl methyl sites for hydroxylation is 2. The van der Waals surface area contributed by atoms with Crippen molar-refractivity contribution < 1.29 is 26.9 Å². The van der Waals surface area contributed by atoms with Gasteiger partial charge in [-0.3, -0.25) is 4.79 Å². The van der Waals surface area contributed by atoms with E-state index in [0.29, 0.717) is 30.0 Å². The Labute approximate surface area is 129 Å². The van der Waals surface area contributed by atoms with Gasteiger partial charge in [0.25, 0.3) is 5.91 Å². The number of likely N-dealkylation sites (tertiary alicyclic amines) is 1. The Bertz CT molecular complexity index is 735. The summed E-state index contributed by atoms with van der Waals surface area (Å²) in [7, 11) is 0. The standard InChI is InChI=1S/C14H14F3N3O3/c1-7-5-10(8(2)22-7)12(21)20-4-3-9(6-20)11-18-13(23-19-11)14(15,16)17/h5,9H,3-4,6H2,1-2H3/t9-/m0/s1. The maximum absolute atomic E-state index is 12.5. The van der Waals surface area contributed by atoms with Gasteiger partial charge in [-0.25, -0.2) is 0 Å². The van der Waals surface area contributed by atoms with Gasteiger partial charge >= 0.3 is 12.1 Å². The highest BCUT2D eigenvalue weighted by atomic mass is 19.4. The summed E-state index contributed by atoms with van der Waals surface area (Å²) >= 11 is 0. The molecule has 23 heavy (non-hydrogen) atoms. The van der Waals surface area contributed by atoms with E-state index in [2.05, 4.69) is 14.7 Å². The lowest BCUT2D eigenvalue weighted by Crippen LogP contribution is -2.28. The lowest BCUT2D eigenvalue weighted by Gasteiger charge is -2.15. The molecule has 1 saturated heterocycles. The monoisotopic (exact) mass is 329 g/mol. The van der Waals surface area contributed by atoms with Crippen LogP contribution in [0.4, 0.5) is 13.2 Å². The van der Waals surface area contributed by atoms with E-state index in [1.165, 1.54) is 0 Å². The first kappa shape index (κ1) is 15.6. The van der Waals surface area contributed by atoms with Crippen LogP contribution >= 0.6 is 0 Å². The summed E-state index contributed by atoms with van der Waals surface area (Å²) in [4.78, 5) is 17.4. The second kappa shape index (κ2) is 5.39. The molecule has 0 N–H and O–H groups in total. The fraction of sp³-hybridized carbons (Fsp3) is 0.500. The molecular weight excluding hydrogens is 315 g/mol. The lowest BCUT2D eigenvalue weighted by atomic mass is 10.1. The Morgan fingerprint density at radius 2 is 2.13 bits per heavy atom. The minimum absolute atomic E-state index is 0.0206. The molecule has 6 nitrogen and oxygen atoms in total. The number of hydrogen-bond acceptors (Lipinski definition) is 5. The molecule has 0 bridgehead atoms. The number of carbonyl (C=O) groups is 1. The van der Waals surface area contributed by atoms with Crippen LogP contribution in [0, 0.1) is 13.8 Å². The summed E-state index contributed by atoms with van der Waals surface area (Å²) in [6.07, 6.45) is -4.18. The van der Waals surface area contributed by atoms with Crippen LogP contribution in [0.3, 0.4) is 0 Å². The third-order valence-corrected chi connectivity index (χ3v) is 3.80. The zero-order valence-corrected chi connectivity index (χ0v) is 12.5. The van der Waals surface area contributed by atoms with Crippen LogP contribution in [0.1, 0.15) is 45.9 Å². The molecule has 0 aromatic carbocycles. The van der Waals surface area contributed by atoms with Crippen molar-refractivity contribution in [3.05, 3.63) is 34.9 Å². The van der Waals surface area contributed by atoms with Crippen LogP contribution in [-0.2, 0) is 6.18 Å². The maximum atomic E-state index is 12.5. The van der Waals surface area contributed by atoms with E-state index in [0.717, 1.165) is 0 Å². The number of aromatic nitrogens is 2. The van der Waals surface area contributed by atoms with Crippen molar-refractivity contribution in [2.45, 2.75) is 32.4 Å². The molecule has 9 heteroatoms. The number of halogens is 3. The number of alkyl halides is 3. The predicted octanol–water partition coefficient (Wildman–Crippen LogP) is 2.93. The highest BCUT2D eigenvalue weighted by molar-refractivity contribution is 5.95. The third kappa shape index (κ3) is 2.95. The van der Waals surface area contributed by atoms with Gasteiger partial charge in [0.2, 0.25) is 0 Å². The number of nitrogens with zero attached hydrogens (tertiary/aromatic N) is 3. The van der Waals surface area contributed by atoms with Gasteiger partial charge in [0.05, 0.1) is 5.56 Å². The van der Waals surface area contributed by atoms with Crippen LogP contribution < -0.4 is 0 Å². The van der Waals surface area contributed by atoms with E-state index in [1.54, 1.807) is 24.8 Å². The molecule has 1 aliphatic rings. The second-order valence-electron chi connectivity index (χ2n) is 5.52. The van der Waals surface area contributed by atoms with Gasteiger partial charge in [0.15, 0.2) is 5.82 Å². The van der Waals surface area contributed by atoms with Crippen LogP contribution in [0.2, 0.25) is 0 Å². The van der Waals surface area contributed by atoms with Crippen LogP contribution in [0.5, 0.6) is 0 Å². The molecular formula is C14H14F3N3O3. The maximum Gasteiger partial charge on any atom is 0.471 e. The Morgan fingerprint density at radius 3 is 2.70 bits per heavy atom. The molecule has 1 atom stereocenters. The fourth-order valence-corrected chi connectivity index (χ4v) is 2.68. The molecule has 2 aromatic heterocycles. The highest BCUT2D eigenvalue weighted by Crippen LogP contribution is 2.31. The van der Waals surface area contributed by atoms with Crippen molar-refractivity contribution in [1.29, 1.82) is 0 Å². The second-order valence-corrected chi connectivity index (χ2v) is 5.52. The van der Waals surface area contributed by atoms with Crippen LogP contribution in [0.25, 0.3) is 0 Å². The number of amides is 1. The Morgan fingerprint density at radius 1 is 1.39 bits per heavy atom. The first-order chi connectivity index (χ1) is 10.8. The average molecular weight is 329 g/mol. The fourth-order valence-electron chi connectivity index (χ4n) is 2.68. The predicted molar refractivity (Wildman–Crippen MR) is 70.7 cm³/mol. The number of furan rings is 1. The van der Waals surface area contributed by atoms with E-state index in [9.17, 15) is 18.0 Å². The number of carbonyl (C=O) groups excluding carboxylic acids is 1. The first-order valence-electron chi connectivity index (χ1n) is 7.03. The molecule has 3 rings (SSSR count). The quantitative estimate of drug-likeness (QED) is 0.847. The molecule has 3 heterocycles. The van der Waals surface area contributed by atoms with Gasteiger partial charge < -0.3 is 13.8 Å². The molecule has 1 amide bonds. The molecule has 0 saturated carbocycles. The topological polar surface area (TPSA) is 72.4 Å². The van der Waals surface area contributed by atoms with E-state index in [-0.39, 0.29) is 24.2 Å². The Hall–Kier alpha value is -2.32. The molecule has 1 fully saturated rings. The summed E-state index contributed by atoms with van der Waals surface area (Å²) < 4.78 is 47.0. The zero-order chi connectivity index (χ0) is 16.8. The third-order valence-electron chi connectivity index (χ3n) is 3.80. The van der Waals surface area contributed by atoms with E-state index in [4.69, 9.17) is 4.42 Å². The van der Waals surface area contributed by atoms with Crippen molar-refractivity contribution in [3.8, 4) is 0 Å². The minimum Gasteiger partial charge on any atom is -0.466 e. The lowest BCUT2D eigenvalue weighted by molar-refractivity contribution is -0.159. The summed E-state index contributed by atoms with van der Waals surface area (Å²) in [5.41, 5.74) is 0.465.